The van der Waals surface area contributed by atoms with E-state index in [1.807, 2.05) is 0 Å². The summed E-state index contributed by atoms with van der Waals surface area (Å²) in [4.78, 5) is 53.2. The Balaban J connectivity index is 3.46. The lowest BCUT2D eigenvalue weighted by Gasteiger charge is -2.37. The summed E-state index contributed by atoms with van der Waals surface area (Å²) in [6, 6.07) is -0.792. The average Bonchev–Trinajstić information content (AvgIpc) is 3.15. The number of urea groups is 1. The van der Waals surface area contributed by atoms with Gasteiger partial charge >= 0.3 is 23.9 Å². The van der Waals surface area contributed by atoms with E-state index < -0.39 is 78.7 Å². The molecule has 0 saturated carbocycles. The first-order valence-electron chi connectivity index (χ1n) is 15.0. The number of hydrogen-bond donors (Lipinski definition) is 1. The standard InChI is InChI=1S/C29H52N2O13S2/c1-26(2,3)40-22(32)12-15-29(16-13-23(33)41-27(4,5)6,17-14-24(34)42-28(7,8)9)30-25(35)31-18-20(43-45(10,36)37)21(19-31)44-46(11,38)39/h20-21H,12-19H2,1-11H3,(H,30,35)/t20-,21-/m0/s1. The van der Waals surface area contributed by atoms with Crippen LogP contribution in [-0.4, -0.2) is 106 Å². The molecule has 0 spiro atoms. The Morgan fingerprint density at radius 2 is 0.891 bits per heavy atom. The Bertz CT molecular complexity index is 1190. The number of nitrogens with zero attached hydrogens (tertiary/aromatic N) is 1. The summed E-state index contributed by atoms with van der Waals surface area (Å²) >= 11 is 0. The number of rotatable bonds is 14. The van der Waals surface area contributed by atoms with Gasteiger partial charge in [-0.2, -0.15) is 16.8 Å². The second-order valence-electron chi connectivity index (χ2n) is 14.6. The highest BCUT2D eigenvalue weighted by atomic mass is 32.2. The number of esters is 3. The van der Waals surface area contributed by atoms with Gasteiger partial charge in [-0.1, -0.05) is 0 Å². The zero-order valence-electron chi connectivity index (χ0n) is 28.9. The van der Waals surface area contributed by atoms with Gasteiger partial charge in [0.1, 0.15) is 29.0 Å². The highest BCUT2D eigenvalue weighted by Gasteiger charge is 2.43. The minimum absolute atomic E-state index is 0.0559. The Morgan fingerprint density at radius 3 is 1.13 bits per heavy atom. The number of carbonyl (C=O) groups is 4. The van der Waals surface area contributed by atoms with E-state index >= 15 is 0 Å². The number of ether oxygens (including phenoxy) is 3. The summed E-state index contributed by atoms with van der Waals surface area (Å²) < 4.78 is 73.9. The van der Waals surface area contributed by atoms with Crippen LogP contribution in [0.25, 0.3) is 0 Å². The molecule has 15 nitrogen and oxygen atoms in total. The number of amides is 2. The summed E-state index contributed by atoms with van der Waals surface area (Å²) in [6.07, 6.45) is -1.87. The van der Waals surface area contributed by atoms with Gasteiger partial charge in [-0.15, -0.1) is 0 Å². The Morgan fingerprint density at radius 1 is 0.609 bits per heavy atom. The maximum absolute atomic E-state index is 13.8. The molecule has 17 heteroatoms. The molecule has 0 bridgehead atoms. The van der Waals surface area contributed by atoms with Gasteiger partial charge in [-0.05, 0) is 81.6 Å². The van der Waals surface area contributed by atoms with Gasteiger partial charge in [0.2, 0.25) is 0 Å². The van der Waals surface area contributed by atoms with Crippen molar-refractivity contribution in [1.29, 1.82) is 0 Å². The third kappa shape index (κ3) is 18.0. The van der Waals surface area contributed by atoms with Gasteiger partial charge < -0.3 is 24.4 Å². The molecule has 2 amide bonds. The quantitative estimate of drug-likeness (QED) is 0.158. The molecule has 1 saturated heterocycles. The molecule has 268 valence electrons. The monoisotopic (exact) mass is 700 g/mol. The van der Waals surface area contributed by atoms with E-state index in [1.165, 1.54) is 0 Å². The van der Waals surface area contributed by atoms with Gasteiger partial charge in [-0.3, -0.25) is 22.7 Å². The van der Waals surface area contributed by atoms with Crippen LogP contribution in [0.5, 0.6) is 0 Å². The van der Waals surface area contributed by atoms with E-state index in [-0.39, 0.29) is 51.6 Å². The molecule has 0 unspecified atom stereocenters. The van der Waals surface area contributed by atoms with E-state index in [0.29, 0.717) is 0 Å². The largest absolute Gasteiger partial charge is 0.460 e. The first kappa shape index (κ1) is 41.5. The topological polar surface area (TPSA) is 198 Å². The van der Waals surface area contributed by atoms with Crippen molar-refractivity contribution >= 4 is 44.2 Å². The van der Waals surface area contributed by atoms with Crippen molar-refractivity contribution < 1.29 is 58.6 Å². The number of nitrogens with one attached hydrogen (secondary N) is 1. The van der Waals surface area contributed by atoms with Crippen molar-refractivity contribution in [3.05, 3.63) is 0 Å². The molecule has 1 aliphatic rings. The molecule has 1 aliphatic heterocycles. The van der Waals surface area contributed by atoms with Crippen LogP contribution < -0.4 is 5.32 Å². The predicted molar refractivity (Wildman–Crippen MR) is 168 cm³/mol. The first-order valence-corrected chi connectivity index (χ1v) is 18.6. The highest BCUT2D eigenvalue weighted by Crippen LogP contribution is 2.30. The van der Waals surface area contributed by atoms with Crippen LogP contribution in [0, 0.1) is 0 Å². The van der Waals surface area contributed by atoms with E-state index in [4.69, 9.17) is 22.6 Å². The van der Waals surface area contributed by atoms with Crippen LogP contribution in [0.3, 0.4) is 0 Å². The normalized spacial score (nSPS) is 18.2. The first-order chi connectivity index (χ1) is 20.5. The summed E-state index contributed by atoms with van der Waals surface area (Å²) in [5, 5.41) is 2.85. The van der Waals surface area contributed by atoms with E-state index in [0.717, 1.165) is 17.4 Å². The maximum Gasteiger partial charge on any atom is 0.318 e. The van der Waals surface area contributed by atoms with E-state index in [2.05, 4.69) is 5.32 Å². The fourth-order valence-electron chi connectivity index (χ4n) is 4.61. The van der Waals surface area contributed by atoms with Crippen molar-refractivity contribution in [3.63, 3.8) is 0 Å². The number of hydrogen-bond acceptors (Lipinski definition) is 13. The molecule has 2 atom stereocenters. The van der Waals surface area contributed by atoms with Crippen molar-refractivity contribution in [2.45, 2.75) is 135 Å². The SMILES string of the molecule is CC(C)(C)OC(=O)CCC(CCC(=O)OC(C)(C)C)(CCC(=O)OC(C)(C)C)NC(=O)N1C[C@H](OS(C)(=O)=O)[C@@H](OS(C)(=O)=O)C1. The van der Waals surface area contributed by atoms with Gasteiger partial charge in [0, 0.05) is 24.8 Å². The van der Waals surface area contributed by atoms with Crippen molar-refractivity contribution in [3.8, 4) is 0 Å². The summed E-state index contributed by atoms with van der Waals surface area (Å²) in [5.41, 5.74) is -3.76. The van der Waals surface area contributed by atoms with Crippen LogP contribution in [0.4, 0.5) is 4.79 Å². The predicted octanol–water partition coefficient (Wildman–Crippen LogP) is 2.81. The van der Waals surface area contributed by atoms with Gasteiger partial charge in [0.15, 0.2) is 0 Å². The fraction of sp³-hybridized carbons (Fsp3) is 0.862. The zero-order chi connectivity index (χ0) is 35.9. The zero-order valence-corrected chi connectivity index (χ0v) is 30.5. The van der Waals surface area contributed by atoms with Gasteiger partial charge in [0.05, 0.1) is 25.6 Å². The van der Waals surface area contributed by atoms with E-state index in [9.17, 15) is 36.0 Å². The molecule has 1 heterocycles. The lowest BCUT2D eigenvalue weighted by molar-refractivity contribution is -0.155. The van der Waals surface area contributed by atoms with E-state index in [1.54, 1.807) is 62.3 Å². The summed E-state index contributed by atoms with van der Waals surface area (Å²) in [6.45, 7) is 14.5. The minimum atomic E-state index is -4.07. The fourth-order valence-corrected chi connectivity index (χ4v) is 5.88. The molecule has 0 aromatic heterocycles. The van der Waals surface area contributed by atoms with Crippen LogP contribution in [0.1, 0.15) is 101 Å². The second-order valence-corrected chi connectivity index (χ2v) is 17.8. The molecule has 1 N–H and O–H groups in total. The molecule has 46 heavy (non-hydrogen) atoms. The minimum Gasteiger partial charge on any atom is -0.460 e. The molecule has 0 aliphatic carbocycles. The molecular formula is C29H52N2O13S2. The second kappa shape index (κ2) is 15.6. The maximum atomic E-state index is 13.8. The molecule has 1 rings (SSSR count). The van der Waals surface area contributed by atoms with Gasteiger partial charge in [0.25, 0.3) is 20.2 Å². The molecule has 0 aromatic carbocycles. The molecular weight excluding hydrogens is 648 g/mol. The van der Waals surface area contributed by atoms with Crippen LogP contribution in [-0.2, 0) is 57.2 Å². The average molecular weight is 701 g/mol. The van der Waals surface area contributed by atoms with Crippen LogP contribution in [0.2, 0.25) is 0 Å². The third-order valence-corrected chi connectivity index (χ3v) is 7.35. The molecule has 0 aromatic rings. The number of carbonyl (C=O) groups excluding carboxylic acids is 4. The Kier molecular flexibility index (Phi) is 14.1. The Labute approximate surface area is 273 Å². The van der Waals surface area contributed by atoms with Crippen molar-refractivity contribution in [2.24, 2.45) is 0 Å². The van der Waals surface area contributed by atoms with Gasteiger partial charge in [-0.25, -0.2) is 4.79 Å². The third-order valence-electron chi connectivity index (χ3n) is 6.15. The smallest absolute Gasteiger partial charge is 0.318 e. The molecule has 0 radical (unpaired) electrons. The van der Waals surface area contributed by atoms with Crippen molar-refractivity contribution in [1.82, 2.24) is 10.2 Å². The van der Waals surface area contributed by atoms with Crippen molar-refractivity contribution in [2.75, 3.05) is 25.6 Å². The lowest BCUT2D eigenvalue weighted by Crippen LogP contribution is -2.54. The summed E-state index contributed by atoms with van der Waals surface area (Å²) in [7, 11) is -8.13. The highest BCUT2D eigenvalue weighted by molar-refractivity contribution is 7.86. The Hall–Kier alpha value is -2.50. The van der Waals surface area contributed by atoms with Crippen LogP contribution in [0.15, 0.2) is 0 Å². The lowest BCUT2D eigenvalue weighted by atomic mass is 9.83. The number of likely N-dealkylation sites (tertiary alicyclic amines) is 1. The summed E-state index contributed by atoms with van der Waals surface area (Å²) in [5.74, 6) is -1.74. The van der Waals surface area contributed by atoms with Crippen LogP contribution >= 0.6 is 0 Å². The molecule has 1 fully saturated rings.